The van der Waals surface area contributed by atoms with Crippen molar-refractivity contribution in [3.63, 3.8) is 0 Å². The fourth-order valence-electron chi connectivity index (χ4n) is 7.81. The number of aliphatic imine (C=N–C) groups is 1. The van der Waals surface area contributed by atoms with Crippen molar-refractivity contribution in [3.8, 4) is 22.2 Å². The molecule has 5 amide bonds. The summed E-state index contributed by atoms with van der Waals surface area (Å²) in [5.41, 5.74) is 5.42. The van der Waals surface area contributed by atoms with E-state index < -0.39 is 30.5 Å². The first-order valence-corrected chi connectivity index (χ1v) is 21.5. The second-order valence-electron chi connectivity index (χ2n) is 15.2. The van der Waals surface area contributed by atoms with Gasteiger partial charge in [-0.2, -0.15) is 10.2 Å². The number of hydrogen-bond donors (Lipinski definition) is 3. The maximum Gasteiger partial charge on any atom is 0.258 e. The van der Waals surface area contributed by atoms with Crippen LogP contribution < -0.4 is 30.2 Å². The predicted molar refractivity (Wildman–Crippen MR) is 236 cm³/mol. The largest absolute Gasteiger partial charge is 0.493 e. The van der Waals surface area contributed by atoms with Gasteiger partial charge < -0.3 is 29.7 Å². The Balaban J connectivity index is 0.875. The summed E-state index contributed by atoms with van der Waals surface area (Å²) in [6, 6.07) is 14.2. The molecule has 2 aromatic heterocycles. The molecule has 18 nitrogen and oxygen atoms in total. The molecule has 0 bridgehead atoms. The van der Waals surface area contributed by atoms with Gasteiger partial charge in [-0.1, -0.05) is 29.8 Å². The van der Waals surface area contributed by atoms with Crippen molar-refractivity contribution in [3.05, 3.63) is 104 Å². The molecule has 1 saturated heterocycles. The number of imide groups is 1. The highest BCUT2D eigenvalue weighted by atomic mass is 35.5. The lowest BCUT2D eigenvalue weighted by molar-refractivity contribution is -0.137. The van der Waals surface area contributed by atoms with Gasteiger partial charge in [0.2, 0.25) is 23.5 Å². The van der Waals surface area contributed by atoms with Crippen LogP contribution in [0, 0.1) is 20.8 Å². The van der Waals surface area contributed by atoms with Gasteiger partial charge in [0.15, 0.2) is 23.9 Å². The predicted octanol–water partition coefficient (Wildman–Crippen LogP) is 5.69. The van der Waals surface area contributed by atoms with E-state index in [1.807, 2.05) is 35.8 Å². The van der Waals surface area contributed by atoms with Crippen LogP contribution in [0.3, 0.4) is 0 Å². The molecular formula is C44H43ClN10O8S. The van der Waals surface area contributed by atoms with Gasteiger partial charge in [0.1, 0.15) is 22.9 Å². The topological polar surface area (TPSA) is 220 Å². The Morgan fingerprint density at radius 2 is 1.67 bits per heavy atom. The van der Waals surface area contributed by atoms with E-state index in [0.717, 1.165) is 32.3 Å². The van der Waals surface area contributed by atoms with Crippen molar-refractivity contribution in [1.82, 2.24) is 35.6 Å². The third-order valence-electron chi connectivity index (χ3n) is 11.1. The first kappa shape index (κ1) is 43.7. The first-order chi connectivity index (χ1) is 30.8. The van der Waals surface area contributed by atoms with E-state index in [1.165, 1.54) is 19.1 Å². The van der Waals surface area contributed by atoms with Crippen LogP contribution in [0.5, 0.6) is 17.2 Å². The third kappa shape index (κ3) is 8.67. The Hall–Kier alpha value is -6.99. The Bertz CT molecular complexity index is 2740. The molecule has 3 N–H and O–H groups in total. The maximum atomic E-state index is 13.4. The molecule has 330 valence electrons. The van der Waals surface area contributed by atoms with Gasteiger partial charge in [-0.25, -0.2) is 0 Å². The lowest BCUT2D eigenvalue weighted by Crippen LogP contribution is -2.52. The van der Waals surface area contributed by atoms with Crippen LogP contribution in [-0.4, -0.2) is 94.9 Å². The van der Waals surface area contributed by atoms with Crippen LogP contribution in [0.15, 0.2) is 69.8 Å². The standard InChI is InChI=1S/C44H43ClN10O8S/c1-22-23(2)64-44-38(22)39(25-9-11-26(45)12-10-25)48-31(41-53-50-24(3)55(41)44)19-36(57)46-15-16-47-37(58)21-63-40-33(61-4)17-27(18-34(40)62-5)51-52-30-8-6-7-28-29(30)20-54(43(28)60)32-13-14-35(56)49-42(32)59/h6-12,17-18,31-32H,13-16,19-21H2,1-5H3,(H,46,57)(H,47,58)(H,49,56,59)/b52-51+/t31-,32?/m0/s1. The van der Waals surface area contributed by atoms with Crippen molar-refractivity contribution in [1.29, 1.82) is 0 Å². The average molecular weight is 907 g/mol. The molecule has 3 aromatic carbocycles. The minimum absolute atomic E-state index is 0.00914. The van der Waals surface area contributed by atoms with Crippen LogP contribution in [0.25, 0.3) is 5.00 Å². The number of rotatable bonds is 14. The van der Waals surface area contributed by atoms with E-state index in [1.54, 1.807) is 41.7 Å². The van der Waals surface area contributed by atoms with E-state index in [4.69, 9.17) is 30.8 Å². The lowest BCUT2D eigenvalue weighted by atomic mass is 9.99. The molecule has 20 heteroatoms. The number of hydrogen-bond acceptors (Lipinski definition) is 14. The fourth-order valence-corrected chi connectivity index (χ4v) is 9.15. The summed E-state index contributed by atoms with van der Waals surface area (Å²) in [5.74, 6) is -0.0923. The number of aromatic nitrogens is 3. The van der Waals surface area contributed by atoms with Gasteiger partial charge in [-0.15, -0.1) is 21.5 Å². The van der Waals surface area contributed by atoms with Gasteiger partial charge in [0, 0.05) is 70.3 Å². The van der Waals surface area contributed by atoms with Crippen molar-refractivity contribution < 1.29 is 38.2 Å². The highest BCUT2D eigenvalue weighted by molar-refractivity contribution is 7.15. The number of fused-ring (bicyclic) bond motifs is 4. The number of nitrogens with one attached hydrogen (secondary N) is 3. The summed E-state index contributed by atoms with van der Waals surface area (Å²) in [6.45, 7) is 6.01. The van der Waals surface area contributed by atoms with E-state index in [2.05, 4.69) is 50.2 Å². The van der Waals surface area contributed by atoms with E-state index in [9.17, 15) is 24.0 Å². The summed E-state index contributed by atoms with van der Waals surface area (Å²) in [5, 5.41) is 27.1. The molecule has 0 radical (unpaired) electrons. The van der Waals surface area contributed by atoms with Gasteiger partial charge >= 0.3 is 0 Å². The van der Waals surface area contributed by atoms with Crippen molar-refractivity contribution in [2.45, 2.75) is 58.7 Å². The highest BCUT2D eigenvalue weighted by Crippen LogP contribution is 2.43. The normalized spacial score (nSPS) is 16.7. The Morgan fingerprint density at radius 1 is 0.953 bits per heavy atom. The number of methoxy groups -OCH3 is 2. The van der Waals surface area contributed by atoms with Gasteiger partial charge in [0.25, 0.3) is 11.8 Å². The Morgan fingerprint density at radius 3 is 2.38 bits per heavy atom. The molecule has 2 atom stereocenters. The van der Waals surface area contributed by atoms with E-state index in [0.29, 0.717) is 39.2 Å². The zero-order valence-corrected chi connectivity index (χ0v) is 37.1. The molecule has 8 rings (SSSR count). The number of piperidine rings is 1. The molecule has 3 aliphatic heterocycles. The van der Waals surface area contributed by atoms with E-state index >= 15 is 0 Å². The lowest BCUT2D eigenvalue weighted by Gasteiger charge is -2.29. The molecule has 64 heavy (non-hydrogen) atoms. The maximum absolute atomic E-state index is 13.4. The summed E-state index contributed by atoms with van der Waals surface area (Å²) in [6.07, 6.45) is 0.376. The number of benzene rings is 3. The zero-order chi connectivity index (χ0) is 45.2. The Labute approximate surface area is 376 Å². The van der Waals surface area contributed by atoms with Crippen LogP contribution in [0.4, 0.5) is 11.4 Å². The van der Waals surface area contributed by atoms with E-state index in [-0.39, 0.29) is 73.9 Å². The molecule has 5 heterocycles. The molecule has 0 aliphatic carbocycles. The summed E-state index contributed by atoms with van der Waals surface area (Å²) in [7, 11) is 2.85. The number of ether oxygens (including phenoxy) is 3. The molecule has 0 saturated carbocycles. The minimum atomic E-state index is -0.764. The SMILES string of the molecule is COc1cc(/N=N/c2cccc3c2CN(C2CCC(=O)NC2=O)C3=O)cc(OC)c1OCC(=O)NCCNC(=O)C[C@@H]1N=C(c2ccc(Cl)cc2)c2c(sc(C)c2C)-n2c(C)nnc21. The van der Waals surface area contributed by atoms with Crippen LogP contribution in [-0.2, 0) is 25.7 Å². The molecule has 1 unspecified atom stereocenters. The number of halogens is 1. The summed E-state index contributed by atoms with van der Waals surface area (Å²) < 4.78 is 18.9. The highest BCUT2D eigenvalue weighted by Gasteiger charge is 2.40. The molecular weight excluding hydrogens is 864 g/mol. The smallest absolute Gasteiger partial charge is 0.258 e. The average Bonchev–Trinajstić information content (AvgIpc) is 3.90. The Kier molecular flexibility index (Phi) is 12.5. The number of carbonyl (C=O) groups is 5. The van der Waals surface area contributed by atoms with Crippen molar-refractivity contribution >= 4 is 69.6 Å². The number of thiophene rings is 1. The second kappa shape index (κ2) is 18.4. The third-order valence-corrected chi connectivity index (χ3v) is 12.6. The van der Waals surface area contributed by atoms with Crippen molar-refractivity contribution in [2.75, 3.05) is 33.9 Å². The number of nitrogens with zero attached hydrogens (tertiary/aromatic N) is 7. The zero-order valence-electron chi connectivity index (χ0n) is 35.5. The molecule has 1 fully saturated rings. The number of amides is 5. The van der Waals surface area contributed by atoms with Gasteiger partial charge in [-0.05, 0) is 57.0 Å². The number of aryl methyl sites for hydroxylation is 2. The van der Waals surface area contributed by atoms with Crippen LogP contribution in [0.1, 0.15) is 74.4 Å². The molecule has 3 aliphatic rings. The number of carbonyl (C=O) groups excluding carboxylic acids is 5. The summed E-state index contributed by atoms with van der Waals surface area (Å²) in [4.78, 5) is 71.5. The minimum Gasteiger partial charge on any atom is -0.493 e. The monoisotopic (exact) mass is 906 g/mol. The van der Waals surface area contributed by atoms with Crippen molar-refractivity contribution in [2.24, 2.45) is 15.2 Å². The van der Waals surface area contributed by atoms with Gasteiger partial charge in [-0.3, -0.25) is 38.8 Å². The van der Waals surface area contributed by atoms with Crippen LogP contribution >= 0.6 is 22.9 Å². The number of azo groups is 1. The van der Waals surface area contributed by atoms with Crippen LogP contribution in [0.2, 0.25) is 5.02 Å². The fraction of sp³-hybridized carbons (Fsp3) is 0.318. The quantitative estimate of drug-likeness (QED) is 0.0702. The first-order valence-electron chi connectivity index (χ1n) is 20.3. The van der Waals surface area contributed by atoms with Gasteiger partial charge in [0.05, 0.1) is 37.7 Å². The molecule has 5 aromatic rings. The summed E-state index contributed by atoms with van der Waals surface area (Å²) >= 11 is 7.86. The molecule has 0 spiro atoms. The second-order valence-corrected chi connectivity index (χ2v) is 16.8.